The highest BCUT2D eigenvalue weighted by atomic mass is 16.5. The van der Waals surface area contributed by atoms with Crippen LogP contribution in [0, 0.1) is 5.92 Å². The van der Waals surface area contributed by atoms with Crippen molar-refractivity contribution in [2.75, 3.05) is 26.2 Å². The molecule has 0 bridgehead atoms. The number of hydrogen-bond donors (Lipinski definition) is 1. The van der Waals surface area contributed by atoms with Gasteiger partial charge in [0.15, 0.2) is 0 Å². The number of nitrogens with zero attached hydrogens (tertiary/aromatic N) is 1. The van der Waals surface area contributed by atoms with Crippen LogP contribution in [0.2, 0.25) is 0 Å². The van der Waals surface area contributed by atoms with Crippen molar-refractivity contribution >= 4 is 11.9 Å². The first-order chi connectivity index (χ1) is 13.0. The van der Waals surface area contributed by atoms with Gasteiger partial charge >= 0.3 is 11.9 Å². The summed E-state index contributed by atoms with van der Waals surface area (Å²) in [5.41, 5.74) is 0. The fourth-order valence-corrected chi connectivity index (χ4v) is 3.00. The van der Waals surface area contributed by atoms with E-state index in [9.17, 15) is 9.59 Å². The van der Waals surface area contributed by atoms with Crippen molar-refractivity contribution in [3.63, 3.8) is 0 Å². The van der Waals surface area contributed by atoms with Gasteiger partial charge in [-0.25, -0.2) is 0 Å². The van der Waals surface area contributed by atoms with Crippen LogP contribution < -0.4 is 0 Å². The molecule has 0 aliphatic heterocycles. The first-order valence-corrected chi connectivity index (χ1v) is 10.8. The molecule has 0 saturated heterocycles. The quantitative estimate of drug-likeness (QED) is 0.204. The molecule has 158 valence electrons. The van der Waals surface area contributed by atoms with Gasteiger partial charge in [-0.3, -0.25) is 9.59 Å². The van der Waals surface area contributed by atoms with Gasteiger partial charge in [-0.05, 0) is 32.4 Å². The molecule has 0 aromatic carbocycles. The summed E-state index contributed by atoms with van der Waals surface area (Å²) in [6.45, 7) is 9.18. The standard InChI is InChI=1S/C22H41NO4/c1-4-7-8-9-10-11-12-13-14-15-16-20(19-21(24)25)22(26)27-18-17-23(5-2)6-3/h14-15,20H,4-13,16-19H2,1-3H3,(H,24,25)/b15-14+. The average molecular weight is 384 g/mol. The van der Waals surface area contributed by atoms with Gasteiger partial charge in [0.2, 0.25) is 0 Å². The number of carboxylic acid groups (broad SMARTS) is 1. The highest BCUT2D eigenvalue weighted by Crippen LogP contribution is 2.14. The molecule has 0 amide bonds. The lowest BCUT2D eigenvalue weighted by atomic mass is 10.0. The van der Waals surface area contributed by atoms with Crippen LogP contribution in [0.15, 0.2) is 12.2 Å². The molecule has 0 rings (SSSR count). The molecular formula is C22H41NO4. The first-order valence-electron chi connectivity index (χ1n) is 10.8. The lowest BCUT2D eigenvalue weighted by molar-refractivity contribution is -0.153. The van der Waals surface area contributed by atoms with Gasteiger partial charge in [-0.2, -0.15) is 0 Å². The number of carboxylic acids is 1. The Balaban J connectivity index is 4.07. The SMILES string of the molecule is CCCCCCCCC/C=C/CC(CC(=O)O)C(=O)OCCN(CC)CC. The second-order valence-electron chi connectivity index (χ2n) is 7.11. The van der Waals surface area contributed by atoms with Gasteiger partial charge in [0.1, 0.15) is 6.61 Å². The van der Waals surface area contributed by atoms with Crippen LogP contribution >= 0.6 is 0 Å². The molecule has 0 heterocycles. The third-order valence-electron chi connectivity index (χ3n) is 4.86. The van der Waals surface area contributed by atoms with Crippen molar-refractivity contribution in [1.82, 2.24) is 4.90 Å². The molecule has 1 atom stereocenters. The van der Waals surface area contributed by atoms with Gasteiger partial charge in [0.05, 0.1) is 12.3 Å². The predicted molar refractivity (Wildman–Crippen MR) is 111 cm³/mol. The van der Waals surface area contributed by atoms with E-state index in [1.165, 1.54) is 38.5 Å². The molecule has 0 radical (unpaired) electrons. The molecule has 1 unspecified atom stereocenters. The summed E-state index contributed by atoms with van der Waals surface area (Å²) >= 11 is 0. The van der Waals surface area contributed by atoms with Crippen molar-refractivity contribution in [1.29, 1.82) is 0 Å². The van der Waals surface area contributed by atoms with Gasteiger partial charge < -0.3 is 14.7 Å². The maximum atomic E-state index is 12.2. The number of esters is 1. The Morgan fingerprint density at radius 1 is 0.963 bits per heavy atom. The lowest BCUT2D eigenvalue weighted by Crippen LogP contribution is -2.29. The Morgan fingerprint density at radius 3 is 2.19 bits per heavy atom. The van der Waals surface area contributed by atoms with E-state index in [0.717, 1.165) is 25.9 Å². The minimum Gasteiger partial charge on any atom is -0.481 e. The zero-order valence-corrected chi connectivity index (χ0v) is 17.8. The molecular weight excluding hydrogens is 342 g/mol. The maximum Gasteiger partial charge on any atom is 0.309 e. The van der Waals surface area contributed by atoms with Gasteiger partial charge in [-0.1, -0.05) is 71.4 Å². The Labute approximate surface area is 166 Å². The molecule has 0 spiro atoms. The topological polar surface area (TPSA) is 66.8 Å². The van der Waals surface area contributed by atoms with Crippen molar-refractivity contribution in [2.24, 2.45) is 5.92 Å². The number of rotatable bonds is 18. The molecule has 0 aliphatic carbocycles. The van der Waals surface area contributed by atoms with Crippen LogP contribution in [0.25, 0.3) is 0 Å². The number of likely N-dealkylation sites (N-methyl/N-ethyl adjacent to an activating group) is 1. The second kappa shape index (κ2) is 18.0. The van der Waals surface area contributed by atoms with E-state index in [1.807, 2.05) is 6.08 Å². The van der Waals surface area contributed by atoms with E-state index in [1.54, 1.807) is 0 Å². The summed E-state index contributed by atoms with van der Waals surface area (Å²) in [5.74, 6) is -1.95. The van der Waals surface area contributed by atoms with Crippen LogP contribution in [-0.2, 0) is 14.3 Å². The third-order valence-corrected chi connectivity index (χ3v) is 4.86. The van der Waals surface area contributed by atoms with Gasteiger partial charge in [0.25, 0.3) is 0 Å². The molecule has 0 aromatic rings. The number of hydrogen-bond acceptors (Lipinski definition) is 4. The summed E-state index contributed by atoms with van der Waals surface area (Å²) in [4.78, 5) is 25.4. The molecule has 0 saturated carbocycles. The smallest absolute Gasteiger partial charge is 0.309 e. The molecule has 0 aliphatic rings. The van der Waals surface area contributed by atoms with E-state index in [4.69, 9.17) is 9.84 Å². The summed E-state index contributed by atoms with van der Waals surface area (Å²) in [6.07, 6.45) is 14.2. The van der Waals surface area contributed by atoms with Crippen molar-refractivity contribution in [3.8, 4) is 0 Å². The van der Waals surface area contributed by atoms with Crippen LogP contribution in [0.1, 0.15) is 85.0 Å². The summed E-state index contributed by atoms with van der Waals surface area (Å²) in [7, 11) is 0. The number of aliphatic carboxylic acids is 1. The monoisotopic (exact) mass is 383 g/mol. The lowest BCUT2D eigenvalue weighted by Gasteiger charge is -2.19. The largest absolute Gasteiger partial charge is 0.481 e. The van der Waals surface area contributed by atoms with Crippen LogP contribution in [-0.4, -0.2) is 48.2 Å². The van der Waals surface area contributed by atoms with Crippen molar-refractivity contribution in [3.05, 3.63) is 12.2 Å². The van der Waals surface area contributed by atoms with Crippen LogP contribution in [0.5, 0.6) is 0 Å². The van der Waals surface area contributed by atoms with Crippen molar-refractivity contribution in [2.45, 2.75) is 85.0 Å². The maximum absolute atomic E-state index is 12.2. The Kier molecular flexibility index (Phi) is 17.1. The minimum atomic E-state index is -0.957. The van der Waals surface area contributed by atoms with Crippen LogP contribution in [0.4, 0.5) is 0 Å². The highest BCUT2D eigenvalue weighted by Gasteiger charge is 2.22. The van der Waals surface area contributed by atoms with E-state index in [0.29, 0.717) is 19.6 Å². The van der Waals surface area contributed by atoms with Crippen molar-refractivity contribution < 1.29 is 19.4 Å². The number of carbonyl (C=O) groups is 2. The number of allylic oxidation sites excluding steroid dienone is 2. The van der Waals surface area contributed by atoms with E-state index >= 15 is 0 Å². The molecule has 1 N–H and O–H groups in total. The zero-order valence-electron chi connectivity index (χ0n) is 17.8. The minimum absolute atomic E-state index is 0.175. The summed E-state index contributed by atoms with van der Waals surface area (Å²) in [6, 6.07) is 0. The molecule has 27 heavy (non-hydrogen) atoms. The van der Waals surface area contributed by atoms with Gasteiger partial charge in [0, 0.05) is 6.54 Å². The molecule has 0 fully saturated rings. The first kappa shape index (κ1) is 25.6. The highest BCUT2D eigenvalue weighted by molar-refractivity contribution is 5.79. The number of ether oxygens (including phenoxy) is 1. The van der Waals surface area contributed by atoms with E-state index in [-0.39, 0.29) is 6.42 Å². The number of carbonyl (C=O) groups excluding carboxylic acids is 1. The fraction of sp³-hybridized carbons (Fsp3) is 0.818. The fourth-order valence-electron chi connectivity index (χ4n) is 3.00. The Morgan fingerprint density at radius 2 is 1.59 bits per heavy atom. The van der Waals surface area contributed by atoms with Gasteiger partial charge in [-0.15, -0.1) is 0 Å². The third kappa shape index (κ3) is 15.4. The Hall–Kier alpha value is -1.36. The normalized spacial score (nSPS) is 12.6. The molecule has 0 aromatic heterocycles. The number of unbranched alkanes of at least 4 members (excludes halogenated alkanes) is 7. The zero-order chi connectivity index (χ0) is 20.3. The van der Waals surface area contributed by atoms with Crippen LogP contribution in [0.3, 0.4) is 0 Å². The predicted octanol–water partition coefficient (Wildman–Crippen LogP) is 5.05. The molecule has 5 heteroatoms. The Bertz CT molecular complexity index is 405. The molecule has 5 nitrogen and oxygen atoms in total. The average Bonchev–Trinajstić information content (AvgIpc) is 2.65. The van der Waals surface area contributed by atoms with E-state index in [2.05, 4.69) is 31.7 Å². The summed E-state index contributed by atoms with van der Waals surface area (Å²) < 4.78 is 5.30. The summed E-state index contributed by atoms with van der Waals surface area (Å²) in [5, 5.41) is 9.04. The van der Waals surface area contributed by atoms with E-state index < -0.39 is 17.9 Å². The second-order valence-corrected chi connectivity index (χ2v) is 7.11.